The van der Waals surface area contributed by atoms with Crippen LogP contribution in [-0.4, -0.2) is 25.9 Å². The van der Waals surface area contributed by atoms with E-state index in [4.69, 9.17) is 16.3 Å². The number of fused-ring (bicyclic) bond motifs is 3. The molecule has 0 bridgehead atoms. The normalized spacial score (nSPS) is 21.5. The van der Waals surface area contributed by atoms with Crippen molar-refractivity contribution >= 4 is 11.6 Å². The molecule has 3 heterocycles. The lowest BCUT2D eigenvalue weighted by atomic mass is 9.86. The highest BCUT2D eigenvalue weighted by Gasteiger charge is 2.30. The first kappa shape index (κ1) is 17.6. The first-order valence-corrected chi connectivity index (χ1v) is 10.2. The van der Waals surface area contributed by atoms with Crippen LogP contribution < -0.4 is 10.1 Å². The van der Waals surface area contributed by atoms with Crippen LogP contribution in [0.15, 0.2) is 42.6 Å². The summed E-state index contributed by atoms with van der Waals surface area (Å²) in [7, 11) is 0. The van der Waals surface area contributed by atoms with Gasteiger partial charge in [0.1, 0.15) is 11.9 Å². The number of hydrogen-bond donors (Lipinski definition) is 1. The number of benzene rings is 1. The quantitative estimate of drug-likeness (QED) is 0.725. The van der Waals surface area contributed by atoms with E-state index in [9.17, 15) is 0 Å². The fourth-order valence-corrected chi connectivity index (χ4v) is 4.42. The second kappa shape index (κ2) is 7.53. The van der Waals surface area contributed by atoms with Crippen molar-refractivity contribution in [2.45, 2.75) is 50.8 Å². The molecule has 0 amide bonds. The number of nitrogens with one attached hydrogen (secondary N) is 1. The maximum absolute atomic E-state index is 6.21. The van der Waals surface area contributed by atoms with Gasteiger partial charge in [-0.05, 0) is 55.5 Å². The number of halogens is 1. The second-order valence-corrected chi connectivity index (χ2v) is 7.88. The molecule has 3 aromatic rings. The van der Waals surface area contributed by atoms with E-state index in [-0.39, 0.29) is 6.10 Å². The summed E-state index contributed by atoms with van der Waals surface area (Å²) in [6.07, 6.45) is 6.04. The Bertz CT molecular complexity index is 966. The maximum Gasteiger partial charge on any atom is 0.213 e. The lowest BCUT2D eigenvalue weighted by Crippen LogP contribution is -2.25. The monoisotopic (exact) mass is 395 g/mol. The molecule has 0 unspecified atom stereocenters. The Hall–Kier alpha value is -2.44. The number of ether oxygens (including phenoxy) is 1. The Balaban J connectivity index is 1.37. The third kappa shape index (κ3) is 3.38. The van der Waals surface area contributed by atoms with E-state index >= 15 is 0 Å². The van der Waals surface area contributed by atoms with Crippen molar-refractivity contribution < 1.29 is 4.74 Å². The molecule has 1 fully saturated rings. The van der Waals surface area contributed by atoms with E-state index in [2.05, 4.69) is 31.1 Å². The first-order chi connectivity index (χ1) is 13.8. The lowest BCUT2D eigenvalue weighted by Gasteiger charge is -2.28. The third-order valence-corrected chi connectivity index (χ3v) is 5.84. The number of nitrogens with zero attached hydrogens (tertiary/aromatic N) is 4. The van der Waals surface area contributed by atoms with E-state index in [1.54, 1.807) is 6.20 Å². The van der Waals surface area contributed by atoms with Gasteiger partial charge in [0.05, 0.1) is 12.2 Å². The van der Waals surface area contributed by atoms with Crippen LogP contribution in [0.25, 0.3) is 5.69 Å². The summed E-state index contributed by atoms with van der Waals surface area (Å²) in [5, 5.41) is 13.2. The summed E-state index contributed by atoms with van der Waals surface area (Å²) in [6, 6.07) is 11.8. The van der Waals surface area contributed by atoms with Gasteiger partial charge < -0.3 is 10.1 Å². The Labute approximate surface area is 168 Å². The number of pyridine rings is 1. The van der Waals surface area contributed by atoms with Gasteiger partial charge in [0.2, 0.25) is 5.88 Å². The Morgan fingerprint density at radius 1 is 1.04 bits per heavy atom. The van der Waals surface area contributed by atoms with Gasteiger partial charge in [0, 0.05) is 29.7 Å². The fraction of sp³-hybridized carbons (Fsp3) is 0.381. The van der Waals surface area contributed by atoms with E-state index in [1.807, 2.05) is 30.3 Å². The molecular formula is C21H22ClN5O. The van der Waals surface area contributed by atoms with Gasteiger partial charge in [-0.1, -0.05) is 17.7 Å². The van der Waals surface area contributed by atoms with Crippen molar-refractivity contribution in [1.29, 1.82) is 0 Å². The van der Waals surface area contributed by atoms with Crippen molar-refractivity contribution in [1.82, 2.24) is 25.1 Å². The fourth-order valence-electron chi connectivity index (χ4n) is 4.22. The van der Waals surface area contributed by atoms with E-state index in [0.717, 1.165) is 54.6 Å². The topological polar surface area (TPSA) is 64.9 Å². The van der Waals surface area contributed by atoms with Gasteiger partial charge in [-0.3, -0.25) is 4.57 Å². The highest BCUT2D eigenvalue weighted by Crippen LogP contribution is 2.36. The SMILES string of the molecule is Clc1ccc2c(c1)CNCc1nnc([C@H]3CC[C@@H](Oc4ccccn4)CC3)n1-2. The summed E-state index contributed by atoms with van der Waals surface area (Å²) in [4.78, 5) is 4.28. The Morgan fingerprint density at radius 2 is 1.93 bits per heavy atom. The number of rotatable bonds is 3. The molecule has 28 heavy (non-hydrogen) atoms. The Kier molecular flexibility index (Phi) is 4.74. The molecule has 2 aliphatic rings. The molecule has 0 spiro atoms. The molecule has 7 heteroatoms. The zero-order valence-corrected chi connectivity index (χ0v) is 16.3. The van der Waals surface area contributed by atoms with Gasteiger partial charge in [-0.2, -0.15) is 0 Å². The van der Waals surface area contributed by atoms with Crippen LogP contribution in [0.4, 0.5) is 0 Å². The average Bonchev–Trinajstić information content (AvgIpc) is 3.05. The molecule has 5 rings (SSSR count). The molecule has 0 atom stereocenters. The number of aromatic nitrogens is 4. The molecule has 1 aromatic carbocycles. The van der Waals surface area contributed by atoms with Gasteiger partial charge in [-0.25, -0.2) is 4.98 Å². The summed E-state index contributed by atoms with van der Waals surface area (Å²) in [6.45, 7) is 1.49. The van der Waals surface area contributed by atoms with E-state index in [0.29, 0.717) is 18.3 Å². The molecule has 1 saturated carbocycles. The summed E-state index contributed by atoms with van der Waals surface area (Å²) in [5.74, 6) is 3.10. The van der Waals surface area contributed by atoms with Crippen LogP contribution >= 0.6 is 11.6 Å². The largest absolute Gasteiger partial charge is 0.474 e. The van der Waals surface area contributed by atoms with Crippen molar-refractivity contribution in [3.63, 3.8) is 0 Å². The predicted molar refractivity (Wildman–Crippen MR) is 107 cm³/mol. The van der Waals surface area contributed by atoms with E-state index in [1.165, 1.54) is 5.56 Å². The summed E-state index contributed by atoms with van der Waals surface area (Å²) in [5.41, 5.74) is 2.32. The van der Waals surface area contributed by atoms with Gasteiger partial charge >= 0.3 is 0 Å². The highest BCUT2D eigenvalue weighted by molar-refractivity contribution is 6.30. The van der Waals surface area contributed by atoms with Gasteiger partial charge in [0.15, 0.2) is 5.82 Å². The van der Waals surface area contributed by atoms with Crippen molar-refractivity contribution in [3.05, 3.63) is 64.8 Å². The molecule has 0 radical (unpaired) electrons. The zero-order chi connectivity index (χ0) is 18.9. The van der Waals surface area contributed by atoms with Crippen LogP contribution in [0.1, 0.15) is 48.8 Å². The molecule has 1 aliphatic carbocycles. The third-order valence-electron chi connectivity index (χ3n) is 5.60. The molecule has 2 aromatic heterocycles. The minimum atomic E-state index is 0.213. The van der Waals surface area contributed by atoms with Crippen molar-refractivity contribution in [2.24, 2.45) is 0 Å². The van der Waals surface area contributed by atoms with Crippen LogP contribution in [-0.2, 0) is 13.1 Å². The van der Waals surface area contributed by atoms with Crippen LogP contribution in [0, 0.1) is 0 Å². The first-order valence-electron chi connectivity index (χ1n) is 9.79. The maximum atomic E-state index is 6.21. The molecule has 6 nitrogen and oxygen atoms in total. The summed E-state index contributed by atoms with van der Waals surface area (Å²) >= 11 is 6.21. The minimum absolute atomic E-state index is 0.213. The molecular weight excluding hydrogens is 374 g/mol. The minimum Gasteiger partial charge on any atom is -0.474 e. The standard InChI is InChI=1S/C21H22ClN5O/c22-16-6-9-18-15(11-16)12-23-13-19-25-26-21(27(18)19)14-4-7-17(8-5-14)28-20-3-1-2-10-24-20/h1-3,6,9-11,14,17,23H,4-5,7-8,12-13H2/t14-,17+. The number of hydrogen-bond acceptors (Lipinski definition) is 5. The average molecular weight is 396 g/mol. The van der Waals surface area contributed by atoms with Crippen molar-refractivity contribution in [2.75, 3.05) is 0 Å². The second-order valence-electron chi connectivity index (χ2n) is 7.45. The predicted octanol–water partition coefficient (Wildman–Crippen LogP) is 4.02. The zero-order valence-electron chi connectivity index (χ0n) is 15.5. The smallest absolute Gasteiger partial charge is 0.213 e. The molecule has 144 valence electrons. The van der Waals surface area contributed by atoms with Gasteiger partial charge in [0.25, 0.3) is 0 Å². The summed E-state index contributed by atoms with van der Waals surface area (Å²) < 4.78 is 8.28. The molecule has 0 saturated heterocycles. The highest BCUT2D eigenvalue weighted by atomic mass is 35.5. The Morgan fingerprint density at radius 3 is 2.75 bits per heavy atom. The van der Waals surface area contributed by atoms with Crippen LogP contribution in [0.2, 0.25) is 5.02 Å². The van der Waals surface area contributed by atoms with Gasteiger partial charge in [-0.15, -0.1) is 10.2 Å². The van der Waals surface area contributed by atoms with Crippen LogP contribution in [0.5, 0.6) is 5.88 Å². The van der Waals surface area contributed by atoms with Crippen molar-refractivity contribution in [3.8, 4) is 11.6 Å². The molecule has 1 N–H and O–H groups in total. The van der Waals surface area contributed by atoms with E-state index < -0.39 is 0 Å². The molecule has 1 aliphatic heterocycles. The lowest BCUT2D eigenvalue weighted by molar-refractivity contribution is 0.139. The van der Waals surface area contributed by atoms with Crippen LogP contribution in [0.3, 0.4) is 0 Å².